The lowest BCUT2D eigenvalue weighted by molar-refractivity contribution is 0.0537. The van der Waals surface area contributed by atoms with E-state index in [1.165, 1.54) is 11.3 Å². The van der Waals surface area contributed by atoms with Gasteiger partial charge in [0.25, 0.3) is 0 Å². The number of hydrogen-bond donors (Lipinski definition) is 2. The maximum atomic E-state index is 5.97. The highest BCUT2D eigenvalue weighted by atomic mass is 16.5. The van der Waals surface area contributed by atoms with E-state index in [9.17, 15) is 0 Å². The van der Waals surface area contributed by atoms with Gasteiger partial charge in [0.15, 0.2) is 0 Å². The first-order valence-electron chi connectivity index (χ1n) is 6.00. The van der Waals surface area contributed by atoms with Gasteiger partial charge in [-0.3, -0.25) is 4.68 Å². The van der Waals surface area contributed by atoms with Crippen LogP contribution in [0, 0.1) is 0 Å². The monoisotopic (exact) mass is 222 g/mol. The lowest BCUT2D eigenvalue weighted by Crippen LogP contribution is -2.29. The first-order valence-corrected chi connectivity index (χ1v) is 6.00. The first kappa shape index (κ1) is 10.1. The highest BCUT2D eigenvalue weighted by molar-refractivity contribution is 5.44. The molecule has 5 nitrogen and oxygen atoms in total. The third-order valence-corrected chi connectivity index (χ3v) is 3.48. The molecule has 2 aliphatic rings. The van der Waals surface area contributed by atoms with Crippen LogP contribution in [0.5, 0.6) is 0 Å². The fraction of sp³-hybridized carbons (Fsp3) is 0.727. The summed E-state index contributed by atoms with van der Waals surface area (Å²) in [6, 6.07) is 0.375. The number of nitrogens with two attached hydrogens (primary N) is 1. The van der Waals surface area contributed by atoms with E-state index in [0.717, 1.165) is 45.6 Å². The predicted molar refractivity (Wildman–Crippen MR) is 61.1 cm³/mol. The van der Waals surface area contributed by atoms with E-state index in [1.807, 2.05) is 0 Å². The van der Waals surface area contributed by atoms with Gasteiger partial charge in [-0.25, -0.2) is 0 Å². The molecule has 16 heavy (non-hydrogen) atoms. The van der Waals surface area contributed by atoms with Crippen LogP contribution < -0.4 is 11.1 Å². The minimum atomic E-state index is 0.375. The maximum Gasteiger partial charge on any atom is 0.149 e. The Bertz CT molecular complexity index is 382. The van der Waals surface area contributed by atoms with Crippen molar-refractivity contribution in [3.05, 3.63) is 11.3 Å². The van der Waals surface area contributed by atoms with Crippen LogP contribution in [0.4, 0.5) is 5.82 Å². The standard InChI is InChI=1S/C11H18N4O/c12-11-9-3-4-13-6-10(9)15(14-11)8-2-1-5-16-7-8/h8,13H,1-7H2,(H2,12,14). The Labute approximate surface area is 94.9 Å². The van der Waals surface area contributed by atoms with Crippen LogP contribution in [0.25, 0.3) is 0 Å². The average Bonchev–Trinajstić information content (AvgIpc) is 2.69. The highest BCUT2D eigenvalue weighted by Crippen LogP contribution is 2.27. The smallest absolute Gasteiger partial charge is 0.149 e. The maximum absolute atomic E-state index is 5.97. The topological polar surface area (TPSA) is 65.1 Å². The normalized spacial score (nSPS) is 25.4. The van der Waals surface area contributed by atoms with Crippen LogP contribution in [-0.4, -0.2) is 29.5 Å². The molecule has 3 N–H and O–H groups in total. The number of rotatable bonds is 1. The van der Waals surface area contributed by atoms with E-state index in [0.29, 0.717) is 11.9 Å². The molecular formula is C11H18N4O. The van der Waals surface area contributed by atoms with E-state index in [4.69, 9.17) is 10.5 Å². The molecule has 0 radical (unpaired) electrons. The van der Waals surface area contributed by atoms with Gasteiger partial charge in [0.05, 0.1) is 18.3 Å². The second kappa shape index (κ2) is 4.07. The molecule has 3 heterocycles. The number of nitrogen functional groups attached to an aromatic ring is 1. The molecule has 0 bridgehead atoms. The Hall–Kier alpha value is -1.07. The third kappa shape index (κ3) is 1.60. The van der Waals surface area contributed by atoms with Crippen molar-refractivity contribution in [2.45, 2.75) is 31.8 Å². The van der Waals surface area contributed by atoms with Crippen molar-refractivity contribution >= 4 is 5.82 Å². The Morgan fingerprint density at radius 1 is 1.50 bits per heavy atom. The third-order valence-electron chi connectivity index (χ3n) is 3.48. The highest BCUT2D eigenvalue weighted by Gasteiger charge is 2.25. The van der Waals surface area contributed by atoms with Crippen molar-refractivity contribution < 1.29 is 4.74 Å². The molecule has 1 fully saturated rings. The van der Waals surface area contributed by atoms with Crippen molar-refractivity contribution in [1.29, 1.82) is 0 Å². The van der Waals surface area contributed by atoms with Gasteiger partial charge < -0.3 is 15.8 Å². The zero-order valence-electron chi connectivity index (χ0n) is 9.41. The van der Waals surface area contributed by atoms with Gasteiger partial charge >= 0.3 is 0 Å². The summed E-state index contributed by atoms with van der Waals surface area (Å²) >= 11 is 0. The molecule has 2 aliphatic heterocycles. The van der Waals surface area contributed by atoms with Crippen molar-refractivity contribution in [1.82, 2.24) is 15.1 Å². The van der Waals surface area contributed by atoms with E-state index in [-0.39, 0.29) is 0 Å². The summed E-state index contributed by atoms with van der Waals surface area (Å²) in [6.45, 7) is 3.54. The first-order chi connectivity index (χ1) is 7.86. The van der Waals surface area contributed by atoms with Crippen LogP contribution in [0.15, 0.2) is 0 Å². The number of nitrogens with one attached hydrogen (secondary N) is 1. The number of anilines is 1. The molecule has 1 atom stereocenters. The summed E-state index contributed by atoms with van der Waals surface area (Å²) in [4.78, 5) is 0. The largest absolute Gasteiger partial charge is 0.382 e. The van der Waals surface area contributed by atoms with Crippen LogP contribution in [0.3, 0.4) is 0 Å². The molecular weight excluding hydrogens is 204 g/mol. The summed E-state index contributed by atoms with van der Waals surface area (Å²) in [6.07, 6.45) is 3.26. The van der Waals surface area contributed by atoms with Crippen molar-refractivity contribution in [2.24, 2.45) is 0 Å². The Balaban J connectivity index is 1.93. The second-order valence-corrected chi connectivity index (χ2v) is 4.55. The molecule has 0 saturated carbocycles. The molecule has 5 heteroatoms. The van der Waals surface area contributed by atoms with Gasteiger partial charge in [-0.15, -0.1) is 0 Å². The summed E-state index contributed by atoms with van der Waals surface area (Å²) in [5.74, 6) is 0.710. The lowest BCUT2D eigenvalue weighted by Gasteiger charge is -2.25. The Morgan fingerprint density at radius 2 is 2.44 bits per heavy atom. The molecule has 1 aromatic heterocycles. The quantitative estimate of drug-likeness (QED) is 0.724. The minimum absolute atomic E-state index is 0.375. The molecule has 1 saturated heterocycles. The summed E-state index contributed by atoms with van der Waals surface area (Å²) in [7, 11) is 0. The summed E-state index contributed by atoms with van der Waals surface area (Å²) in [5, 5.41) is 7.87. The molecule has 0 spiro atoms. The molecule has 1 aromatic rings. The molecule has 1 unspecified atom stereocenters. The van der Waals surface area contributed by atoms with Gasteiger partial charge in [-0.05, 0) is 25.8 Å². The Kier molecular flexibility index (Phi) is 2.57. The second-order valence-electron chi connectivity index (χ2n) is 4.55. The van der Waals surface area contributed by atoms with Gasteiger partial charge in [-0.2, -0.15) is 5.10 Å². The summed E-state index contributed by atoms with van der Waals surface area (Å²) in [5.41, 5.74) is 8.47. The zero-order valence-corrected chi connectivity index (χ0v) is 9.41. The van der Waals surface area contributed by atoms with E-state index in [2.05, 4.69) is 15.1 Å². The molecule has 0 aliphatic carbocycles. The molecule has 3 rings (SSSR count). The number of nitrogens with zero attached hydrogens (tertiary/aromatic N) is 2. The SMILES string of the molecule is Nc1nn(C2CCCOC2)c2c1CCNC2. The van der Waals surface area contributed by atoms with Crippen LogP contribution >= 0.6 is 0 Å². The zero-order chi connectivity index (χ0) is 11.0. The van der Waals surface area contributed by atoms with Crippen molar-refractivity contribution in [3.8, 4) is 0 Å². The lowest BCUT2D eigenvalue weighted by atomic mass is 10.1. The number of ether oxygens (including phenoxy) is 1. The van der Waals surface area contributed by atoms with E-state index >= 15 is 0 Å². The van der Waals surface area contributed by atoms with Crippen molar-refractivity contribution in [3.63, 3.8) is 0 Å². The summed E-state index contributed by atoms with van der Waals surface area (Å²) < 4.78 is 7.61. The van der Waals surface area contributed by atoms with Gasteiger partial charge in [0.2, 0.25) is 0 Å². The number of fused-ring (bicyclic) bond motifs is 1. The Morgan fingerprint density at radius 3 is 3.25 bits per heavy atom. The van der Waals surface area contributed by atoms with Gasteiger partial charge in [0.1, 0.15) is 5.82 Å². The fourth-order valence-corrected chi connectivity index (χ4v) is 2.62. The van der Waals surface area contributed by atoms with Crippen molar-refractivity contribution in [2.75, 3.05) is 25.5 Å². The molecule has 0 aromatic carbocycles. The molecule has 88 valence electrons. The number of aromatic nitrogens is 2. The molecule has 0 amide bonds. The van der Waals surface area contributed by atoms with Crippen LogP contribution in [0.2, 0.25) is 0 Å². The van der Waals surface area contributed by atoms with E-state index in [1.54, 1.807) is 0 Å². The van der Waals surface area contributed by atoms with Crippen LogP contribution in [-0.2, 0) is 17.7 Å². The number of hydrogen-bond acceptors (Lipinski definition) is 4. The van der Waals surface area contributed by atoms with E-state index < -0.39 is 0 Å². The van der Waals surface area contributed by atoms with Gasteiger partial charge in [-0.1, -0.05) is 0 Å². The fourth-order valence-electron chi connectivity index (χ4n) is 2.62. The average molecular weight is 222 g/mol. The minimum Gasteiger partial charge on any atom is -0.382 e. The van der Waals surface area contributed by atoms with Crippen LogP contribution in [0.1, 0.15) is 30.1 Å². The van der Waals surface area contributed by atoms with Gasteiger partial charge in [0, 0.05) is 18.7 Å². The predicted octanol–water partition coefficient (Wildman–Crippen LogP) is 0.462.